The predicted octanol–water partition coefficient (Wildman–Crippen LogP) is 3.14. The zero-order chi connectivity index (χ0) is 13.1. The number of nitrogens with one attached hydrogen (secondary N) is 1. The Balaban J connectivity index is 1.84. The number of hydrogen-bond donors (Lipinski definition) is 1. The van der Waals surface area contributed by atoms with Crippen LogP contribution >= 0.6 is 0 Å². The largest absolute Gasteiger partial charge is 0.318 e. The predicted molar refractivity (Wildman–Crippen MR) is 80.4 cm³/mol. The Hall–Kier alpha value is -0.860. The maximum absolute atomic E-state index is 3.39. The number of benzene rings is 1. The van der Waals surface area contributed by atoms with E-state index >= 15 is 0 Å². The molecule has 2 atom stereocenters. The van der Waals surface area contributed by atoms with Gasteiger partial charge >= 0.3 is 0 Å². The molecular formula is C17H26N2. The van der Waals surface area contributed by atoms with Crippen LogP contribution in [0.2, 0.25) is 0 Å². The average molecular weight is 258 g/mol. The molecule has 1 heterocycles. The van der Waals surface area contributed by atoms with Gasteiger partial charge in [-0.25, -0.2) is 0 Å². The lowest BCUT2D eigenvalue weighted by Gasteiger charge is -2.43. The van der Waals surface area contributed by atoms with Crippen LogP contribution in [0.3, 0.4) is 0 Å². The molecule has 1 aromatic carbocycles. The summed E-state index contributed by atoms with van der Waals surface area (Å²) in [6.07, 6.45) is 8.11. The van der Waals surface area contributed by atoms with Crippen molar-refractivity contribution in [1.82, 2.24) is 10.2 Å². The Bertz CT molecular complexity index is 413. The van der Waals surface area contributed by atoms with E-state index in [0.717, 1.165) is 12.6 Å². The average Bonchev–Trinajstić information content (AvgIpc) is 2.48. The van der Waals surface area contributed by atoms with Gasteiger partial charge in [0.05, 0.1) is 0 Å². The molecule has 19 heavy (non-hydrogen) atoms. The summed E-state index contributed by atoms with van der Waals surface area (Å²) >= 11 is 0. The molecule has 0 radical (unpaired) electrons. The van der Waals surface area contributed by atoms with Gasteiger partial charge < -0.3 is 5.32 Å². The number of fused-ring (bicyclic) bond motifs is 1. The van der Waals surface area contributed by atoms with Gasteiger partial charge in [0, 0.05) is 18.6 Å². The van der Waals surface area contributed by atoms with Crippen LogP contribution in [-0.4, -0.2) is 31.1 Å². The van der Waals surface area contributed by atoms with Gasteiger partial charge in [-0.3, -0.25) is 4.90 Å². The number of likely N-dealkylation sites (tertiary alicyclic amines) is 1. The van der Waals surface area contributed by atoms with Crippen LogP contribution in [0.15, 0.2) is 24.3 Å². The second-order valence-corrected chi connectivity index (χ2v) is 6.05. The van der Waals surface area contributed by atoms with Crippen molar-refractivity contribution in [2.45, 2.75) is 50.6 Å². The summed E-state index contributed by atoms with van der Waals surface area (Å²) < 4.78 is 0. The zero-order valence-corrected chi connectivity index (χ0v) is 12.1. The Labute approximate surface area is 117 Å². The quantitative estimate of drug-likeness (QED) is 0.896. The van der Waals surface area contributed by atoms with E-state index in [-0.39, 0.29) is 0 Å². The number of rotatable bonds is 3. The molecule has 2 aliphatic rings. The lowest BCUT2D eigenvalue weighted by molar-refractivity contribution is 0.0843. The first-order valence-electron chi connectivity index (χ1n) is 7.88. The van der Waals surface area contributed by atoms with Crippen molar-refractivity contribution in [3.05, 3.63) is 35.4 Å². The van der Waals surface area contributed by atoms with E-state index in [1.807, 2.05) is 0 Å². The molecule has 0 aromatic heterocycles. The van der Waals surface area contributed by atoms with Crippen LogP contribution in [0.5, 0.6) is 0 Å². The summed E-state index contributed by atoms with van der Waals surface area (Å²) in [5.41, 5.74) is 3.20. The highest BCUT2D eigenvalue weighted by Gasteiger charge is 2.31. The third kappa shape index (κ3) is 2.70. The first-order valence-corrected chi connectivity index (χ1v) is 7.88. The summed E-state index contributed by atoms with van der Waals surface area (Å²) in [6.45, 7) is 2.42. The summed E-state index contributed by atoms with van der Waals surface area (Å²) in [5.74, 6) is 0. The Morgan fingerprint density at radius 2 is 2.05 bits per heavy atom. The molecule has 1 aromatic rings. The van der Waals surface area contributed by atoms with Crippen molar-refractivity contribution in [2.75, 3.05) is 20.1 Å². The standard InChI is InChI=1S/C17H26N2/c1-18-13-15-9-4-5-12-19(15)17-11-6-8-14-7-2-3-10-16(14)17/h2-3,7,10,15,17-18H,4-6,8-9,11-13H2,1H3. The summed E-state index contributed by atoms with van der Waals surface area (Å²) in [4.78, 5) is 2.79. The molecule has 0 amide bonds. The fourth-order valence-corrected chi connectivity index (χ4v) is 3.96. The van der Waals surface area contributed by atoms with Gasteiger partial charge in [-0.15, -0.1) is 0 Å². The van der Waals surface area contributed by atoms with Crippen LogP contribution in [0, 0.1) is 0 Å². The topological polar surface area (TPSA) is 15.3 Å². The lowest BCUT2D eigenvalue weighted by atomic mass is 9.85. The van der Waals surface area contributed by atoms with Crippen molar-refractivity contribution < 1.29 is 0 Å². The molecule has 1 fully saturated rings. The van der Waals surface area contributed by atoms with Crippen LogP contribution in [0.4, 0.5) is 0 Å². The highest BCUT2D eigenvalue weighted by Crippen LogP contribution is 2.37. The molecule has 104 valence electrons. The van der Waals surface area contributed by atoms with Crippen LogP contribution in [0.25, 0.3) is 0 Å². The van der Waals surface area contributed by atoms with Crippen LogP contribution < -0.4 is 5.32 Å². The van der Waals surface area contributed by atoms with Crippen molar-refractivity contribution in [2.24, 2.45) is 0 Å². The van der Waals surface area contributed by atoms with E-state index in [1.165, 1.54) is 45.1 Å². The van der Waals surface area contributed by atoms with Gasteiger partial charge in [-0.05, 0) is 56.8 Å². The van der Waals surface area contributed by atoms with Crippen molar-refractivity contribution >= 4 is 0 Å². The van der Waals surface area contributed by atoms with Gasteiger partial charge in [-0.2, -0.15) is 0 Å². The van der Waals surface area contributed by atoms with Gasteiger partial charge in [0.2, 0.25) is 0 Å². The van der Waals surface area contributed by atoms with Crippen molar-refractivity contribution in [1.29, 1.82) is 0 Å². The number of likely N-dealkylation sites (N-methyl/N-ethyl adjacent to an activating group) is 1. The Morgan fingerprint density at radius 3 is 2.95 bits per heavy atom. The molecule has 1 aliphatic carbocycles. The normalized spacial score (nSPS) is 28.1. The number of aryl methyl sites for hydroxylation is 1. The third-order valence-corrected chi connectivity index (χ3v) is 4.85. The maximum Gasteiger partial charge on any atom is 0.0354 e. The maximum atomic E-state index is 3.39. The summed E-state index contributed by atoms with van der Waals surface area (Å²) in [6, 6.07) is 10.5. The molecule has 2 heteroatoms. The highest BCUT2D eigenvalue weighted by molar-refractivity contribution is 5.32. The van der Waals surface area contributed by atoms with Crippen molar-refractivity contribution in [3.8, 4) is 0 Å². The van der Waals surface area contributed by atoms with E-state index in [0.29, 0.717) is 6.04 Å². The van der Waals surface area contributed by atoms with Gasteiger partial charge in [0.1, 0.15) is 0 Å². The van der Waals surface area contributed by atoms with Gasteiger partial charge in [0.15, 0.2) is 0 Å². The van der Waals surface area contributed by atoms with Gasteiger partial charge in [0.25, 0.3) is 0 Å². The van der Waals surface area contributed by atoms with E-state index in [1.54, 1.807) is 11.1 Å². The highest BCUT2D eigenvalue weighted by atomic mass is 15.2. The van der Waals surface area contributed by atoms with Crippen molar-refractivity contribution in [3.63, 3.8) is 0 Å². The number of piperidine rings is 1. The SMILES string of the molecule is CNCC1CCCCN1C1CCCc2ccccc21. The third-order valence-electron chi connectivity index (χ3n) is 4.85. The van der Waals surface area contributed by atoms with Crippen LogP contribution in [0.1, 0.15) is 49.3 Å². The molecule has 0 saturated carbocycles. The molecule has 2 nitrogen and oxygen atoms in total. The van der Waals surface area contributed by atoms with E-state index < -0.39 is 0 Å². The fraction of sp³-hybridized carbons (Fsp3) is 0.647. The number of hydrogen-bond acceptors (Lipinski definition) is 2. The molecular weight excluding hydrogens is 232 g/mol. The molecule has 1 aliphatic heterocycles. The Morgan fingerprint density at radius 1 is 1.16 bits per heavy atom. The minimum Gasteiger partial charge on any atom is -0.318 e. The summed E-state index contributed by atoms with van der Waals surface area (Å²) in [7, 11) is 2.08. The van der Waals surface area contributed by atoms with E-state index in [2.05, 4.69) is 41.5 Å². The molecule has 3 rings (SSSR count). The molecule has 2 unspecified atom stereocenters. The minimum absolute atomic E-state index is 0.670. The van der Waals surface area contributed by atoms with Gasteiger partial charge in [-0.1, -0.05) is 30.7 Å². The fourth-order valence-electron chi connectivity index (χ4n) is 3.96. The lowest BCUT2D eigenvalue weighted by Crippen LogP contribution is -2.47. The first kappa shape index (κ1) is 13.1. The molecule has 1 saturated heterocycles. The number of nitrogens with zero attached hydrogens (tertiary/aromatic N) is 1. The van der Waals surface area contributed by atoms with E-state index in [9.17, 15) is 0 Å². The second kappa shape index (κ2) is 6.06. The molecule has 0 bridgehead atoms. The smallest absolute Gasteiger partial charge is 0.0354 e. The zero-order valence-electron chi connectivity index (χ0n) is 12.1. The van der Waals surface area contributed by atoms with Crippen LogP contribution in [-0.2, 0) is 6.42 Å². The second-order valence-electron chi connectivity index (χ2n) is 6.05. The monoisotopic (exact) mass is 258 g/mol. The summed E-state index contributed by atoms with van der Waals surface area (Å²) in [5, 5.41) is 3.39. The minimum atomic E-state index is 0.670. The molecule has 0 spiro atoms. The molecule has 1 N–H and O–H groups in total. The Kier molecular flexibility index (Phi) is 4.19. The first-order chi connectivity index (χ1) is 9.40. The van der Waals surface area contributed by atoms with E-state index in [4.69, 9.17) is 0 Å².